The third-order valence-electron chi connectivity index (χ3n) is 3.65. The molecule has 0 aliphatic heterocycles. The van der Waals surface area contributed by atoms with Gasteiger partial charge in [-0.2, -0.15) is 0 Å². The van der Waals surface area contributed by atoms with E-state index in [1.807, 2.05) is 24.3 Å². The Morgan fingerprint density at radius 2 is 1.45 bits per heavy atom. The van der Waals surface area contributed by atoms with Crippen molar-refractivity contribution in [3.8, 4) is 0 Å². The summed E-state index contributed by atoms with van der Waals surface area (Å²) in [4.78, 5) is 2.20. The van der Waals surface area contributed by atoms with Gasteiger partial charge in [0.05, 0.1) is 12.7 Å². The van der Waals surface area contributed by atoms with Crippen molar-refractivity contribution in [2.75, 3.05) is 14.1 Å². The third-order valence-corrected chi connectivity index (χ3v) is 3.65. The topological polar surface area (TPSA) is 12.5 Å². The highest BCUT2D eigenvalue weighted by Gasteiger charge is 2.21. The van der Waals surface area contributed by atoms with Crippen LogP contribution < -0.4 is 0 Å². The molecule has 106 valence electrons. The Balaban J connectivity index is 2.11. The molecule has 2 aromatic rings. The molecule has 0 aromatic heterocycles. The SMILES string of the molecule is CC(C(OCc1ccccc1)c1ccccc1)N(C)C. The molecule has 0 saturated heterocycles. The number of ether oxygens (including phenoxy) is 1. The van der Waals surface area contributed by atoms with Crippen LogP contribution in [0.25, 0.3) is 0 Å². The number of hydrogen-bond donors (Lipinski definition) is 0. The van der Waals surface area contributed by atoms with Crippen LogP contribution in [0.5, 0.6) is 0 Å². The van der Waals surface area contributed by atoms with Gasteiger partial charge in [0.15, 0.2) is 0 Å². The maximum atomic E-state index is 6.20. The number of likely N-dealkylation sites (N-methyl/N-ethyl adjacent to an activating group) is 1. The molecule has 0 bridgehead atoms. The highest BCUT2D eigenvalue weighted by molar-refractivity contribution is 5.19. The monoisotopic (exact) mass is 269 g/mol. The van der Waals surface area contributed by atoms with Gasteiger partial charge in [-0.15, -0.1) is 0 Å². The summed E-state index contributed by atoms with van der Waals surface area (Å²) in [6.45, 7) is 2.83. The molecule has 2 aromatic carbocycles. The van der Waals surface area contributed by atoms with Gasteiger partial charge in [0.1, 0.15) is 0 Å². The highest BCUT2D eigenvalue weighted by atomic mass is 16.5. The van der Waals surface area contributed by atoms with Crippen LogP contribution in [0.1, 0.15) is 24.2 Å². The van der Waals surface area contributed by atoms with Crippen LogP contribution in [0.4, 0.5) is 0 Å². The van der Waals surface area contributed by atoms with Gasteiger partial charge in [0.25, 0.3) is 0 Å². The fraction of sp³-hybridized carbons (Fsp3) is 0.333. The largest absolute Gasteiger partial charge is 0.367 e. The molecule has 0 saturated carbocycles. The number of benzene rings is 2. The maximum absolute atomic E-state index is 6.20. The van der Waals surface area contributed by atoms with Crippen molar-refractivity contribution >= 4 is 0 Å². The Labute approximate surface area is 122 Å². The minimum Gasteiger partial charge on any atom is -0.367 e. The summed E-state index contributed by atoms with van der Waals surface area (Å²) >= 11 is 0. The first-order valence-corrected chi connectivity index (χ1v) is 7.05. The average Bonchev–Trinajstić information content (AvgIpc) is 2.49. The zero-order chi connectivity index (χ0) is 14.4. The van der Waals surface area contributed by atoms with Crippen LogP contribution in [0.2, 0.25) is 0 Å². The van der Waals surface area contributed by atoms with Gasteiger partial charge in [-0.3, -0.25) is 0 Å². The molecule has 0 amide bonds. The number of nitrogens with zero attached hydrogens (tertiary/aromatic N) is 1. The molecular formula is C18H23NO. The van der Waals surface area contributed by atoms with Crippen molar-refractivity contribution in [1.82, 2.24) is 4.90 Å². The summed E-state index contributed by atoms with van der Waals surface area (Å²) in [5.41, 5.74) is 2.43. The van der Waals surface area contributed by atoms with Crippen LogP contribution in [0.15, 0.2) is 60.7 Å². The molecule has 0 fully saturated rings. The zero-order valence-corrected chi connectivity index (χ0v) is 12.5. The summed E-state index contributed by atoms with van der Waals surface area (Å²) < 4.78 is 6.20. The fourth-order valence-corrected chi connectivity index (χ4v) is 2.19. The Morgan fingerprint density at radius 1 is 0.900 bits per heavy atom. The molecule has 0 aliphatic rings. The van der Waals surface area contributed by atoms with Crippen molar-refractivity contribution in [3.63, 3.8) is 0 Å². The van der Waals surface area contributed by atoms with E-state index >= 15 is 0 Å². The summed E-state index contributed by atoms with van der Waals surface area (Å²) in [6.07, 6.45) is 0.0754. The minimum atomic E-state index is 0.0754. The van der Waals surface area contributed by atoms with Crippen LogP contribution >= 0.6 is 0 Å². The van der Waals surface area contributed by atoms with Crippen molar-refractivity contribution in [2.45, 2.75) is 25.7 Å². The van der Waals surface area contributed by atoms with Gasteiger partial charge in [0, 0.05) is 6.04 Å². The first-order chi connectivity index (χ1) is 9.68. The molecule has 2 rings (SSSR count). The molecule has 2 unspecified atom stereocenters. The molecule has 0 N–H and O–H groups in total. The van der Waals surface area contributed by atoms with Gasteiger partial charge in [-0.25, -0.2) is 0 Å². The van der Waals surface area contributed by atoms with E-state index < -0.39 is 0 Å². The van der Waals surface area contributed by atoms with Crippen molar-refractivity contribution in [3.05, 3.63) is 71.8 Å². The van der Waals surface area contributed by atoms with Crippen LogP contribution in [0.3, 0.4) is 0 Å². The van der Waals surface area contributed by atoms with E-state index in [1.165, 1.54) is 11.1 Å². The van der Waals surface area contributed by atoms with E-state index in [-0.39, 0.29) is 6.10 Å². The Kier molecular flexibility index (Phi) is 5.33. The lowest BCUT2D eigenvalue weighted by molar-refractivity contribution is -0.00780. The van der Waals surface area contributed by atoms with Crippen molar-refractivity contribution < 1.29 is 4.74 Å². The normalized spacial score (nSPS) is 14.2. The summed E-state index contributed by atoms with van der Waals surface area (Å²) in [5, 5.41) is 0. The summed E-state index contributed by atoms with van der Waals surface area (Å²) in [6, 6.07) is 21.1. The van der Waals surface area contributed by atoms with Gasteiger partial charge >= 0.3 is 0 Å². The highest BCUT2D eigenvalue weighted by Crippen LogP contribution is 2.25. The third kappa shape index (κ3) is 3.92. The molecule has 20 heavy (non-hydrogen) atoms. The molecule has 2 heteroatoms. The zero-order valence-electron chi connectivity index (χ0n) is 12.5. The first kappa shape index (κ1) is 14.8. The van der Waals surface area contributed by atoms with Gasteiger partial charge in [-0.1, -0.05) is 60.7 Å². The van der Waals surface area contributed by atoms with E-state index in [2.05, 4.69) is 62.3 Å². The second kappa shape index (κ2) is 7.22. The molecule has 0 aliphatic carbocycles. The van der Waals surface area contributed by atoms with Gasteiger partial charge < -0.3 is 9.64 Å². The Morgan fingerprint density at radius 3 is 2.00 bits per heavy atom. The second-order valence-corrected chi connectivity index (χ2v) is 5.33. The van der Waals surface area contributed by atoms with Crippen LogP contribution in [-0.4, -0.2) is 25.0 Å². The van der Waals surface area contributed by atoms with E-state index in [9.17, 15) is 0 Å². The molecule has 0 heterocycles. The standard InChI is InChI=1S/C18H23NO/c1-15(19(2)3)18(17-12-8-5-9-13-17)20-14-16-10-6-4-7-11-16/h4-13,15,18H,14H2,1-3H3. The Bertz CT molecular complexity index is 495. The van der Waals surface area contributed by atoms with E-state index in [0.717, 1.165) is 0 Å². The molecular weight excluding hydrogens is 246 g/mol. The molecule has 0 radical (unpaired) electrons. The van der Waals surface area contributed by atoms with E-state index in [1.54, 1.807) is 0 Å². The average molecular weight is 269 g/mol. The maximum Gasteiger partial charge on any atom is 0.0981 e. The van der Waals surface area contributed by atoms with Gasteiger partial charge in [0.2, 0.25) is 0 Å². The minimum absolute atomic E-state index is 0.0754. The lowest BCUT2D eigenvalue weighted by Crippen LogP contribution is -2.32. The Hall–Kier alpha value is -1.64. The predicted octanol–water partition coefficient (Wildman–Crippen LogP) is 3.89. The van der Waals surface area contributed by atoms with Crippen LogP contribution in [0, 0.1) is 0 Å². The lowest BCUT2D eigenvalue weighted by Gasteiger charge is -2.29. The fourth-order valence-electron chi connectivity index (χ4n) is 2.19. The molecule has 2 atom stereocenters. The van der Waals surface area contributed by atoms with Gasteiger partial charge in [-0.05, 0) is 32.1 Å². The number of hydrogen-bond acceptors (Lipinski definition) is 2. The summed E-state index contributed by atoms with van der Waals surface area (Å²) in [7, 11) is 4.18. The molecule has 0 spiro atoms. The van der Waals surface area contributed by atoms with Crippen LogP contribution in [-0.2, 0) is 11.3 Å². The second-order valence-electron chi connectivity index (χ2n) is 5.33. The smallest absolute Gasteiger partial charge is 0.0981 e. The van der Waals surface area contributed by atoms with E-state index in [0.29, 0.717) is 12.6 Å². The quantitative estimate of drug-likeness (QED) is 0.788. The predicted molar refractivity (Wildman–Crippen MR) is 83.6 cm³/mol. The van der Waals surface area contributed by atoms with Crippen molar-refractivity contribution in [2.24, 2.45) is 0 Å². The van der Waals surface area contributed by atoms with Crippen molar-refractivity contribution in [1.29, 1.82) is 0 Å². The lowest BCUT2D eigenvalue weighted by atomic mass is 10.0. The first-order valence-electron chi connectivity index (χ1n) is 7.05. The van der Waals surface area contributed by atoms with E-state index in [4.69, 9.17) is 4.74 Å². The number of rotatable bonds is 6. The summed E-state index contributed by atoms with van der Waals surface area (Å²) in [5.74, 6) is 0. The molecule has 2 nitrogen and oxygen atoms in total.